The average Bonchev–Trinajstić information content (AvgIpc) is 3.25. The highest BCUT2D eigenvalue weighted by Gasteiger charge is 2.18. The van der Waals surface area contributed by atoms with Crippen molar-refractivity contribution in [2.24, 2.45) is 0 Å². The van der Waals surface area contributed by atoms with Crippen molar-refractivity contribution in [3.05, 3.63) is 65.7 Å². The summed E-state index contributed by atoms with van der Waals surface area (Å²) in [5, 5.41) is 5.65. The first-order valence-corrected chi connectivity index (χ1v) is 9.27. The fraction of sp³-hybridized carbons (Fsp3) is 0.273. The van der Waals surface area contributed by atoms with E-state index in [0.29, 0.717) is 17.8 Å². The zero-order valence-corrected chi connectivity index (χ0v) is 15.8. The zero-order valence-electron chi connectivity index (χ0n) is 15.8. The number of ether oxygens (including phenoxy) is 2. The van der Waals surface area contributed by atoms with E-state index in [4.69, 9.17) is 9.47 Å². The lowest BCUT2D eigenvalue weighted by atomic mass is 10.1. The third kappa shape index (κ3) is 5.44. The van der Waals surface area contributed by atoms with E-state index in [1.807, 2.05) is 24.3 Å². The van der Waals surface area contributed by atoms with Gasteiger partial charge >= 0.3 is 0 Å². The van der Waals surface area contributed by atoms with E-state index in [0.717, 1.165) is 30.8 Å². The molecule has 1 atom stereocenters. The summed E-state index contributed by atoms with van der Waals surface area (Å²) in [4.78, 5) is 24.8. The molecule has 2 aromatic rings. The van der Waals surface area contributed by atoms with Crippen LogP contribution in [-0.4, -0.2) is 38.2 Å². The fourth-order valence-electron chi connectivity index (χ4n) is 2.96. The molecule has 146 valence electrons. The summed E-state index contributed by atoms with van der Waals surface area (Å²) in [5.41, 5.74) is 1.77. The molecule has 0 spiro atoms. The highest BCUT2D eigenvalue weighted by atomic mass is 16.5. The van der Waals surface area contributed by atoms with Gasteiger partial charge in [-0.25, -0.2) is 0 Å². The topological polar surface area (TPSA) is 76.7 Å². The zero-order chi connectivity index (χ0) is 19.8. The standard InChI is InChI=1S/C22H24N2O4/c1-27-17-11-8-16(9-12-17)10-13-21(25)24-20-7-3-2-6-19(20)22(26)23-15-18-5-4-14-28-18/h2-3,6-13,18H,4-5,14-15H2,1H3,(H,23,26)(H,24,25)/b13-10+/t18-/m0/s1. The Morgan fingerprint density at radius 2 is 1.96 bits per heavy atom. The van der Waals surface area contributed by atoms with Crippen LogP contribution in [0.5, 0.6) is 5.75 Å². The van der Waals surface area contributed by atoms with Crippen LogP contribution in [0.25, 0.3) is 6.08 Å². The largest absolute Gasteiger partial charge is 0.497 e. The van der Waals surface area contributed by atoms with Gasteiger partial charge in [-0.2, -0.15) is 0 Å². The maximum atomic E-state index is 12.5. The Morgan fingerprint density at radius 3 is 2.68 bits per heavy atom. The predicted octanol–water partition coefficient (Wildman–Crippen LogP) is 3.26. The summed E-state index contributed by atoms with van der Waals surface area (Å²) in [6.45, 7) is 1.21. The number of rotatable bonds is 7. The first-order valence-electron chi connectivity index (χ1n) is 9.27. The average molecular weight is 380 g/mol. The van der Waals surface area contributed by atoms with Crippen LogP contribution in [0.2, 0.25) is 0 Å². The van der Waals surface area contributed by atoms with E-state index in [-0.39, 0.29) is 17.9 Å². The minimum Gasteiger partial charge on any atom is -0.497 e. The SMILES string of the molecule is COc1ccc(/C=C/C(=O)Nc2ccccc2C(=O)NC[C@@H]2CCCO2)cc1. The third-order valence-electron chi connectivity index (χ3n) is 4.49. The van der Waals surface area contributed by atoms with Crippen LogP contribution in [0.3, 0.4) is 0 Å². The van der Waals surface area contributed by atoms with E-state index < -0.39 is 0 Å². The second-order valence-corrected chi connectivity index (χ2v) is 6.49. The Kier molecular flexibility index (Phi) is 6.81. The summed E-state index contributed by atoms with van der Waals surface area (Å²) in [6, 6.07) is 14.3. The van der Waals surface area contributed by atoms with Crippen LogP contribution in [-0.2, 0) is 9.53 Å². The van der Waals surface area contributed by atoms with Crippen LogP contribution in [0, 0.1) is 0 Å². The molecule has 1 heterocycles. The number of anilines is 1. The lowest BCUT2D eigenvalue weighted by Gasteiger charge is -2.13. The first kappa shape index (κ1) is 19.6. The van der Waals surface area contributed by atoms with E-state index in [1.54, 1.807) is 37.5 Å². The lowest BCUT2D eigenvalue weighted by molar-refractivity contribution is -0.111. The normalized spacial score (nSPS) is 16.1. The number of nitrogens with one attached hydrogen (secondary N) is 2. The van der Waals surface area contributed by atoms with Crippen molar-refractivity contribution in [1.82, 2.24) is 5.32 Å². The Morgan fingerprint density at radius 1 is 1.18 bits per heavy atom. The van der Waals surface area contributed by atoms with Crippen LogP contribution >= 0.6 is 0 Å². The number of hydrogen-bond donors (Lipinski definition) is 2. The summed E-state index contributed by atoms with van der Waals surface area (Å²) >= 11 is 0. The highest BCUT2D eigenvalue weighted by Crippen LogP contribution is 2.17. The number of carbonyl (C=O) groups excluding carboxylic acids is 2. The van der Waals surface area contributed by atoms with E-state index in [2.05, 4.69) is 10.6 Å². The van der Waals surface area contributed by atoms with Crippen molar-refractivity contribution in [3.8, 4) is 5.75 Å². The molecule has 1 aliphatic rings. The van der Waals surface area contributed by atoms with Gasteiger partial charge in [0.25, 0.3) is 5.91 Å². The van der Waals surface area contributed by atoms with Crippen LogP contribution in [0.15, 0.2) is 54.6 Å². The van der Waals surface area contributed by atoms with Crippen molar-refractivity contribution >= 4 is 23.6 Å². The van der Waals surface area contributed by atoms with E-state index in [9.17, 15) is 9.59 Å². The molecule has 1 fully saturated rings. The van der Waals surface area contributed by atoms with Crippen LogP contribution in [0.1, 0.15) is 28.8 Å². The van der Waals surface area contributed by atoms with Gasteiger partial charge in [0.2, 0.25) is 5.91 Å². The summed E-state index contributed by atoms with van der Waals surface area (Å²) in [7, 11) is 1.60. The van der Waals surface area contributed by atoms with Gasteiger partial charge in [-0.3, -0.25) is 9.59 Å². The maximum absolute atomic E-state index is 12.5. The Bertz CT molecular complexity index is 840. The number of hydrogen-bond acceptors (Lipinski definition) is 4. The van der Waals surface area contributed by atoms with Gasteiger partial charge in [0.1, 0.15) is 5.75 Å². The first-order chi connectivity index (χ1) is 13.7. The molecule has 6 heteroatoms. The second-order valence-electron chi connectivity index (χ2n) is 6.49. The Balaban J connectivity index is 1.60. The molecule has 0 unspecified atom stereocenters. The van der Waals surface area contributed by atoms with Gasteiger partial charge in [-0.15, -0.1) is 0 Å². The molecule has 0 saturated carbocycles. The fourth-order valence-corrected chi connectivity index (χ4v) is 2.96. The number of benzene rings is 2. The lowest BCUT2D eigenvalue weighted by Crippen LogP contribution is -2.32. The predicted molar refractivity (Wildman–Crippen MR) is 108 cm³/mol. The highest BCUT2D eigenvalue weighted by molar-refractivity contribution is 6.07. The summed E-state index contributed by atoms with van der Waals surface area (Å²) in [6.07, 6.45) is 5.18. The molecule has 2 amide bonds. The molecule has 0 bridgehead atoms. The smallest absolute Gasteiger partial charge is 0.253 e. The molecule has 1 saturated heterocycles. The summed E-state index contributed by atoms with van der Waals surface area (Å²) < 4.78 is 10.6. The van der Waals surface area contributed by atoms with Crippen molar-refractivity contribution in [2.45, 2.75) is 18.9 Å². The molecule has 0 aliphatic carbocycles. The van der Waals surface area contributed by atoms with Gasteiger partial charge in [-0.1, -0.05) is 24.3 Å². The molecular formula is C22H24N2O4. The molecule has 28 heavy (non-hydrogen) atoms. The Labute approximate surface area is 164 Å². The van der Waals surface area contributed by atoms with Crippen LogP contribution in [0.4, 0.5) is 5.69 Å². The molecular weight excluding hydrogens is 356 g/mol. The van der Waals surface area contributed by atoms with Gasteiger partial charge < -0.3 is 20.1 Å². The molecule has 1 aliphatic heterocycles. The van der Waals surface area contributed by atoms with Gasteiger partial charge in [0.05, 0.1) is 24.5 Å². The van der Waals surface area contributed by atoms with Crippen molar-refractivity contribution in [2.75, 3.05) is 25.6 Å². The van der Waals surface area contributed by atoms with E-state index in [1.165, 1.54) is 6.08 Å². The van der Waals surface area contributed by atoms with Crippen molar-refractivity contribution in [3.63, 3.8) is 0 Å². The monoisotopic (exact) mass is 380 g/mol. The molecule has 0 radical (unpaired) electrons. The molecule has 0 aromatic heterocycles. The maximum Gasteiger partial charge on any atom is 0.253 e. The van der Waals surface area contributed by atoms with Crippen LogP contribution < -0.4 is 15.4 Å². The van der Waals surface area contributed by atoms with Crippen molar-refractivity contribution < 1.29 is 19.1 Å². The number of amides is 2. The summed E-state index contributed by atoms with van der Waals surface area (Å²) in [5.74, 6) is 0.213. The number of carbonyl (C=O) groups is 2. The third-order valence-corrected chi connectivity index (χ3v) is 4.49. The van der Waals surface area contributed by atoms with Gasteiger partial charge in [0.15, 0.2) is 0 Å². The second kappa shape index (κ2) is 9.71. The van der Waals surface area contributed by atoms with Gasteiger partial charge in [0, 0.05) is 19.2 Å². The Hall–Kier alpha value is -3.12. The number of para-hydroxylation sites is 1. The van der Waals surface area contributed by atoms with Crippen molar-refractivity contribution in [1.29, 1.82) is 0 Å². The molecule has 3 rings (SSSR count). The quantitative estimate of drug-likeness (QED) is 0.723. The molecule has 2 N–H and O–H groups in total. The number of methoxy groups -OCH3 is 1. The molecule has 2 aromatic carbocycles. The minimum absolute atomic E-state index is 0.0677. The van der Waals surface area contributed by atoms with E-state index >= 15 is 0 Å². The minimum atomic E-state index is -0.310. The molecule has 6 nitrogen and oxygen atoms in total. The van der Waals surface area contributed by atoms with Gasteiger partial charge in [-0.05, 0) is 48.7 Å².